The van der Waals surface area contributed by atoms with Gasteiger partial charge in [-0.05, 0) is 38.8 Å². The number of carbonyl (C=O) groups is 1. The summed E-state index contributed by atoms with van der Waals surface area (Å²) in [6, 6.07) is 4.01. The van der Waals surface area contributed by atoms with Gasteiger partial charge >= 0.3 is 0 Å². The van der Waals surface area contributed by atoms with Gasteiger partial charge in [-0.25, -0.2) is 0 Å². The number of ether oxygens (including phenoxy) is 3. The first kappa shape index (κ1) is 20.4. The molecule has 146 valence electrons. The Bertz CT molecular complexity index is 576. The average Bonchev–Trinajstić information content (AvgIpc) is 2.68. The van der Waals surface area contributed by atoms with Crippen molar-refractivity contribution in [3.8, 4) is 17.2 Å². The van der Waals surface area contributed by atoms with Crippen LogP contribution in [0.1, 0.15) is 32.3 Å². The van der Waals surface area contributed by atoms with Crippen molar-refractivity contribution < 1.29 is 23.9 Å². The molecule has 1 unspecified atom stereocenters. The van der Waals surface area contributed by atoms with E-state index in [0.29, 0.717) is 23.2 Å². The molecule has 1 amide bonds. The molecule has 1 heterocycles. The lowest BCUT2D eigenvalue weighted by atomic mass is 9.96. The molecule has 26 heavy (non-hydrogen) atoms. The SMILES string of the molecule is CCN(CC)C(=O)[C@@H]1CCC[NH+](Cc2cc(OC)c(OC)c(OC)c2)C1. The highest BCUT2D eigenvalue weighted by atomic mass is 16.5. The van der Waals surface area contributed by atoms with Crippen LogP contribution in [0.4, 0.5) is 0 Å². The van der Waals surface area contributed by atoms with Crippen molar-refractivity contribution in [2.24, 2.45) is 5.92 Å². The van der Waals surface area contributed by atoms with Gasteiger partial charge in [0, 0.05) is 18.7 Å². The molecule has 0 aromatic heterocycles. The maximum Gasteiger partial charge on any atom is 0.231 e. The summed E-state index contributed by atoms with van der Waals surface area (Å²) in [6.45, 7) is 8.47. The number of nitrogens with one attached hydrogen (secondary N) is 1. The molecule has 2 atom stereocenters. The van der Waals surface area contributed by atoms with E-state index in [-0.39, 0.29) is 5.92 Å². The Kier molecular flexibility index (Phi) is 7.57. The average molecular weight is 365 g/mol. The van der Waals surface area contributed by atoms with E-state index in [1.165, 1.54) is 4.90 Å². The molecule has 1 saturated heterocycles. The molecule has 2 rings (SSSR count). The molecule has 1 N–H and O–H groups in total. The molecule has 0 spiro atoms. The minimum atomic E-state index is 0.126. The van der Waals surface area contributed by atoms with Gasteiger partial charge in [0.25, 0.3) is 0 Å². The van der Waals surface area contributed by atoms with Crippen molar-refractivity contribution in [1.82, 2.24) is 4.90 Å². The molecular weight excluding hydrogens is 332 g/mol. The van der Waals surface area contributed by atoms with E-state index in [9.17, 15) is 4.79 Å². The van der Waals surface area contributed by atoms with Crippen LogP contribution in [0.15, 0.2) is 12.1 Å². The van der Waals surface area contributed by atoms with Crippen LogP contribution in [-0.4, -0.2) is 58.3 Å². The van der Waals surface area contributed by atoms with Crippen LogP contribution in [0.2, 0.25) is 0 Å². The largest absolute Gasteiger partial charge is 0.493 e. The lowest BCUT2D eigenvalue weighted by Crippen LogP contribution is -3.12. The van der Waals surface area contributed by atoms with Gasteiger partial charge in [0.1, 0.15) is 6.54 Å². The summed E-state index contributed by atoms with van der Waals surface area (Å²) in [6.07, 6.45) is 2.07. The third-order valence-corrected chi connectivity index (χ3v) is 5.22. The number of amides is 1. The number of nitrogens with zero attached hydrogens (tertiary/aromatic N) is 1. The number of hydrogen-bond acceptors (Lipinski definition) is 4. The zero-order chi connectivity index (χ0) is 19.1. The first-order valence-electron chi connectivity index (χ1n) is 9.49. The van der Waals surface area contributed by atoms with Crippen LogP contribution in [0, 0.1) is 5.92 Å². The lowest BCUT2D eigenvalue weighted by Gasteiger charge is -2.32. The Labute approximate surface area is 157 Å². The highest BCUT2D eigenvalue weighted by Gasteiger charge is 2.31. The molecule has 0 bridgehead atoms. The maximum atomic E-state index is 12.7. The van der Waals surface area contributed by atoms with E-state index in [4.69, 9.17) is 14.2 Å². The van der Waals surface area contributed by atoms with Gasteiger partial charge in [0.05, 0.1) is 40.3 Å². The van der Waals surface area contributed by atoms with Gasteiger partial charge in [-0.1, -0.05) is 0 Å². The van der Waals surface area contributed by atoms with Crippen molar-refractivity contribution in [1.29, 1.82) is 0 Å². The van der Waals surface area contributed by atoms with Crippen LogP contribution in [0.3, 0.4) is 0 Å². The van der Waals surface area contributed by atoms with Gasteiger partial charge in [-0.3, -0.25) is 4.79 Å². The Morgan fingerprint density at radius 2 is 1.73 bits per heavy atom. The summed E-state index contributed by atoms with van der Waals surface area (Å²) in [5.41, 5.74) is 1.13. The van der Waals surface area contributed by atoms with Gasteiger partial charge in [0.2, 0.25) is 11.7 Å². The lowest BCUT2D eigenvalue weighted by molar-refractivity contribution is -0.921. The van der Waals surface area contributed by atoms with Crippen molar-refractivity contribution in [2.45, 2.75) is 33.2 Å². The molecule has 6 nitrogen and oxygen atoms in total. The second-order valence-corrected chi connectivity index (χ2v) is 6.76. The minimum Gasteiger partial charge on any atom is -0.493 e. The number of likely N-dealkylation sites (tertiary alicyclic amines) is 1. The van der Waals surface area contributed by atoms with E-state index < -0.39 is 0 Å². The Morgan fingerprint density at radius 3 is 2.23 bits per heavy atom. The molecule has 0 radical (unpaired) electrons. The van der Waals surface area contributed by atoms with Crippen molar-refractivity contribution in [3.05, 3.63) is 17.7 Å². The fraction of sp³-hybridized carbons (Fsp3) is 0.650. The summed E-state index contributed by atoms with van der Waals surface area (Å²) in [7, 11) is 4.88. The highest BCUT2D eigenvalue weighted by Crippen LogP contribution is 2.38. The topological polar surface area (TPSA) is 52.4 Å². The van der Waals surface area contributed by atoms with Gasteiger partial charge in [-0.2, -0.15) is 0 Å². The van der Waals surface area contributed by atoms with Crippen LogP contribution in [-0.2, 0) is 11.3 Å². The zero-order valence-corrected chi connectivity index (χ0v) is 16.8. The molecule has 6 heteroatoms. The van der Waals surface area contributed by atoms with Crippen molar-refractivity contribution >= 4 is 5.91 Å². The van der Waals surface area contributed by atoms with Crippen LogP contribution in [0.5, 0.6) is 17.2 Å². The zero-order valence-electron chi connectivity index (χ0n) is 16.8. The Hall–Kier alpha value is -1.95. The van der Waals surface area contributed by atoms with Gasteiger partial charge in [0.15, 0.2) is 11.5 Å². The Morgan fingerprint density at radius 1 is 1.12 bits per heavy atom. The number of benzene rings is 1. The molecule has 1 aromatic rings. The number of methoxy groups -OCH3 is 3. The molecule has 1 aliphatic rings. The highest BCUT2D eigenvalue weighted by molar-refractivity contribution is 5.78. The van der Waals surface area contributed by atoms with Crippen molar-refractivity contribution in [3.63, 3.8) is 0 Å². The second-order valence-electron chi connectivity index (χ2n) is 6.76. The van der Waals surface area contributed by atoms with Crippen LogP contribution >= 0.6 is 0 Å². The van der Waals surface area contributed by atoms with E-state index in [1.807, 2.05) is 30.9 Å². The fourth-order valence-electron chi connectivity index (χ4n) is 3.84. The number of rotatable bonds is 8. The fourth-order valence-corrected chi connectivity index (χ4v) is 3.84. The molecule has 0 saturated carbocycles. The number of hydrogen-bond donors (Lipinski definition) is 1. The second kappa shape index (κ2) is 9.67. The van der Waals surface area contributed by atoms with Crippen LogP contribution < -0.4 is 19.1 Å². The van der Waals surface area contributed by atoms with Gasteiger partial charge < -0.3 is 24.0 Å². The Balaban J connectivity index is 2.11. The maximum absolute atomic E-state index is 12.7. The van der Waals surface area contributed by atoms with E-state index in [0.717, 1.165) is 51.1 Å². The monoisotopic (exact) mass is 365 g/mol. The predicted octanol–water partition coefficient (Wildman–Crippen LogP) is 1.38. The van der Waals surface area contributed by atoms with E-state index in [2.05, 4.69) is 0 Å². The first-order chi connectivity index (χ1) is 12.6. The normalized spacial score (nSPS) is 19.7. The summed E-state index contributed by atoms with van der Waals surface area (Å²) in [5.74, 6) is 2.39. The summed E-state index contributed by atoms with van der Waals surface area (Å²) >= 11 is 0. The summed E-state index contributed by atoms with van der Waals surface area (Å²) in [4.78, 5) is 16.1. The number of piperidine rings is 1. The van der Waals surface area contributed by atoms with Crippen molar-refractivity contribution in [2.75, 3.05) is 47.5 Å². The first-order valence-corrected chi connectivity index (χ1v) is 9.49. The molecular formula is C20H33N2O4+. The predicted molar refractivity (Wildman–Crippen MR) is 101 cm³/mol. The molecule has 1 aromatic carbocycles. The molecule has 0 aliphatic carbocycles. The third kappa shape index (κ3) is 4.61. The van der Waals surface area contributed by atoms with E-state index in [1.54, 1.807) is 21.3 Å². The minimum absolute atomic E-state index is 0.126. The smallest absolute Gasteiger partial charge is 0.231 e. The van der Waals surface area contributed by atoms with E-state index >= 15 is 0 Å². The quantitative estimate of drug-likeness (QED) is 0.756. The third-order valence-electron chi connectivity index (χ3n) is 5.22. The molecule has 1 aliphatic heterocycles. The summed E-state index contributed by atoms with van der Waals surface area (Å²) in [5, 5.41) is 0. The number of carbonyl (C=O) groups excluding carboxylic acids is 1. The standard InChI is InChI=1S/C20H32N2O4/c1-6-22(7-2)20(23)16-9-8-10-21(14-16)13-15-11-17(24-3)19(26-5)18(12-15)25-4/h11-12,16H,6-10,13-14H2,1-5H3/p+1/t16-/m1/s1. The molecule has 1 fully saturated rings. The summed E-state index contributed by atoms with van der Waals surface area (Å²) < 4.78 is 16.3. The number of quaternary nitrogens is 1. The van der Waals surface area contributed by atoms with Gasteiger partial charge in [-0.15, -0.1) is 0 Å². The van der Waals surface area contributed by atoms with Crippen LogP contribution in [0.25, 0.3) is 0 Å².